The number of hydrogen-bond acceptors (Lipinski definition) is 3. The monoisotopic (exact) mass is 118 g/mol. The molecule has 0 radical (unpaired) electrons. The summed E-state index contributed by atoms with van der Waals surface area (Å²) in [6.07, 6.45) is 0. The van der Waals surface area contributed by atoms with Crippen LogP contribution in [-0.2, 0) is 9.63 Å². The first-order valence-electron chi connectivity index (χ1n) is 3.56. The highest BCUT2D eigenvalue weighted by atomic mass is 16.6. The van der Waals surface area contributed by atoms with Gasteiger partial charge < -0.3 is 4.84 Å². The second-order valence-electron chi connectivity index (χ2n) is 1.32. The van der Waals surface area contributed by atoms with E-state index in [0.717, 1.165) is 0 Å². The highest BCUT2D eigenvalue weighted by molar-refractivity contribution is 6.37. The van der Waals surface area contributed by atoms with E-state index in [0.29, 0.717) is 0 Å². The lowest BCUT2D eigenvalue weighted by Crippen LogP contribution is -2.03. The number of oxime groups is 1. The van der Waals surface area contributed by atoms with Crippen LogP contribution in [0.3, 0.4) is 0 Å². The number of carbonyl (C=O) groups excluding carboxylic acids is 1. The van der Waals surface area contributed by atoms with Gasteiger partial charge in [0, 0.05) is 6.92 Å². The zero-order chi connectivity index (χ0) is 9.07. The summed E-state index contributed by atoms with van der Waals surface area (Å²) in [7, 11) is -2.57. The van der Waals surface area contributed by atoms with Crippen molar-refractivity contribution in [1.29, 1.82) is 0 Å². The zero-order valence-electron chi connectivity index (χ0n) is 7.76. The van der Waals surface area contributed by atoms with E-state index in [1.807, 2.05) is 0 Å². The van der Waals surface area contributed by atoms with Crippen LogP contribution in [0, 0.1) is 0 Å². The van der Waals surface area contributed by atoms with Crippen LogP contribution in [0.4, 0.5) is 0 Å². The Morgan fingerprint density at radius 2 is 2.38 bits per heavy atom. The van der Waals surface area contributed by atoms with Crippen LogP contribution in [0.2, 0.25) is 0 Å². The van der Waals surface area contributed by atoms with Crippen molar-refractivity contribution in [1.82, 2.24) is 0 Å². The van der Waals surface area contributed by atoms with Crippen molar-refractivity contribution in [3.63, 3.8) is 0 Å². The van der Waals surface area contributed by atoms with Crippen LogP contribution in [0.5, 0.6) is 0 Å². The molecule has 0 heterocycles. The van der Waals surface area contributed by atoms with E-state index in [4.69, 9.17) is 4.11 Å². The Kier molecular flexibility index (Phi) is 1.28. The maximum Gasteiger partial charge on any atom is 0.177 e. The van der Waals surface area contributed by atoms with Crippen molar-refractivity contribution >= 4 is 11.5 Å². The summed E-state index contributed by atoms with van der Waals surface area (Å²) in [6, 6.07) is 0. The Balaban J connectivity index is 4.04. The molecule has 3 nitrogen and oxygen atoms in total. The fourth-order valence-electron chi connectivity index (χ4n) is 0.133. The van der Waals surface area contributed by atoms with E-state index in [9.17, 15) is 4.79 Å². The lowest BCUT2D eigenvalue weighted by molar-refractivity contribution is -0.111. The Morgan fingerprint density at radius 3 is 2.75 bits per heavy atom. The van der Waals surface area contributed by atoms with Crippen LogP contribution in [-0.4, -0.2) is 18.5 Å². The maximum atomic E-state index is 10.5. The molecule has 0 fully saturated rings. The molecular formula is C5H9NO2. The molecule has 0 atom stereocenters. The van der Waals surface area contributed by atoms with Crippen molar-refractivity contribution in [2.45, 2.75) is 13.8 Å². The molecule has 0 aliphatic heterocycles. The summed E-state index contributed by atoms with van der Waals surface area (Å²) < 4.78 is 19.7. The van der Waals surface area contributed by atoms with Crippen LogP contribution >= 0.6 is 0 Å². The third kappa shape index (κ3) is 2.34. The van der Waals surface area contributed by atoms with Gasteiger partial charge in [-0.15, -0.1) is 0 Å². The molecule has 0 aromatic carbocycles. The summed E-state index contributed by atoms with van der Waals surface area (Å²) in [5, 5.41) is 3.10. The Hall–Kier alpha value is -0.860. The number of ketones is 1. The number of nitrogens with zero attached hydrogens (tertiary/aromatic N) is 1. The molecule has 0 saturated heterocycles. The molecule has 8 heavy (non-hydrogen) atoms. The predicted octanol–water partition coefficient (Wildman–Crippen LogP) is 0.598. The van der Waals surface area contributed by atoms with Gasteiger partial charge in [-0.1, -0.05) is 5.16 Å². The zero-order valence-corrected chi connectivity index (χ0v) is 4.76. The van der Waals surface area contributed by atoms with Gasteiger partial charge in [-0.2, -0.15) is 0 Å². The number of rotatable bonds is 2. The van der Waals surface area contributed by atoms with Gasteiger partial charge in [0.25, 0.3) is 0 Å². The third-order valence-electron chi connectivity index (χ3n) is 0.692. The van der Waals surface area contributed by atoms with Crippen LogP contribution in [0.15, 0.2) is 5.16 Å². The Bertz CT molecular complexity index is 185. The lowest BCUT2D eigenvalue weighted by atomic mass is 10.3. The summed E-state index contributed by atoms with van der Waals surface area (Å²) in [5.74, 6) is -0.311. The van der Waals surface area contributed by atoms with Crippen molar-refractivity contribution in [2.75, 3.05) is 7.04 Å². The topological polar surface area (TPSA) is 38.7 Å². The minimum atomic E-state index is -2.57. The van der Waals surface area contributed by atoms with E-state index in [1.165, 1.54) is 13.8 Å². The van der Waals surface area contributed by atoms with E-state index in [2.05, 4.69) is 9.99 Å². The van der Waals surface area contributed by atoms with Crippen LogP contribution in [0.25, 0.3) is 0 Å². The van der Waals surface area contributed by atoms with Gasteiger partial charge in [0.15, 0.2) is 5.78 Å². The normalized spacial score (nSPS) is 18.2. The van der Waals surface area contributed by atoms with Crippen molar-refractivity contribution < 1.29 is 13.7 Å². The summed E-state index contributed by atoms with van der Waals surface area (Å²) in [4.78, 5) is 14.5. The number of Topliss-reactive ketones (excluding diaryl/α,β-unsaturated/α-hetero) is 1. The van der Waals surface area contributed by atoms with Gasteiger partial charge in [0.1, 0.15) is 12.7 Å². The molecule has 0 unspecified atom stereocenters. The predicted molar refractivity (Wildman–Crippen MR) is 30.8 cm³/mol. The fourth-order valence-corrected chi connectivity index (χ4v) is 0.133. The van der Waals surface area contributed by atoms with Gasteiger partial charge in [-0.25, -0.2) is 0 Å². The second-order valence-corrected chi connectivity index (χ2v) is 1.32. The highest BCUT2D eigenvalue weighted by Crippen LogP contribution is 1.78. The molecule has 0 aliphatic carbocycles. The van der Waals surface area contributed by atoms with Crippen LogP contribution < -0.4 is 0 Å². The molecule has 0 spiro atoms. The summed E-state index contributed by atoms with van der Waals surface area (Å²) in [5.41, 5.74) is 0.0427. The average molecular weight is 118 g/mol. The Labute approximate surface area is 52.5 Å². The molecule has 0 rings (SSSR count). The van der Waals surface area contributed by atoms with Crippen molar-refractivity contribution in [3.8, 4) is 0 Å². The quantitative estimate of drug-likeness (QED) is 0.393. The molecule has 3 heteroatoms. The second kappa shape index (κ2) is 3.18. The molecule has 46 valence electrons. The molecular weight excluding hydrogens is 106 g/mol. The first kappa shape index (κ1) is 3.22. The minimum Gasteiger partial charge on any atom is -0.399 e. The highest BCUT2D eigenvalue weighted by Gasteiger charge is 1.95. The number of carbonyl (C=O) groups is 1. The smallest absolute Gasteiger partial charge is 0.177 e. The van der Waals surface area contributed by atoms with Gasteiger partial charge in [-0.05, 0) is 6.92 Å². The van der Waals surface area contributed by atoms with Crippen molar-refractivity contribution in [3.05, 3.63) is 0 Å². The summed E-state index contributed by atoms with van der Waals surface area (Å²) in [6.45, 7) is 2.66. The molecule has 0 aromatic rings. The van der Waals surface area contributed by atoms with E-state index in [-0.39, 0.29) is 11.5 Å². The molecule has 0 saturated carbocycles. The van der Waals surface area contributed by atoms with Crippen LogP contribution in [0.1, 0.15) is 18.0 Å². The largest absolute Gasteiger partial charge is 0.399 e. The third-order valence-corrected chi connectivity index (χ3v) is 0.692. The standard InChI is InChI=1S/C5H9NO2/c1-4(5(2)7)6-8-3/h1-3H3/b6-4+/i3D3. The average Bonchev–Trinajstić information content (AvgIpc) is 1.80. The molecule has 0 N–H and O–H groups in total. The maximum absolute atomic E-state index is 10.5. The SMILES string of the molecule is [2H]C([2H])([2H])O/N=C(\C)C(C)=O. The number of hydrogen-bond donors (Lipinski definition) is 0. The van der Waals surface area contributed by atoms with Gasteiger partial charge in [-0.3, -0.25) is 4.79 Å². The molecule has 0 amide bonds. The van der Waals surface area contributed by atoms with Gasteiger partial charge in [0.05, 0.1) is 4.11 Å². The lowest BCUT2D eigenvalue weighted by Gasteiger charge is -1.88. The van der Waals surface area contributed by atoms with E-state index < -0.39 is 7.04 Å². The molecule has 0 bridgehead atoms. The first-order chi connectivity index (χ1) is 4.83. The van der Waals surface area contributed by atoms with E-state index in [1.54, 1.807) is 0 Å². The molecule has 0 aromatic heterocycles. The van der Waals surface area contributed by atoms with Gasteiger partial charge in [0.2, 0.25) is 0 Å². The Morgan fingerprint density at radius 1 is 1.75 bits per heavy atom. The fraction of sp³-hybridized carbons (Fsp3) is 0.600. The first-order valence-corrected chi connectivity index (χ1v) is 2.06. The van der Waals surface area contributed by atoms with Crippen molar-refractivity contribution in [2.24, 2.45) is 5.16 Å². The summed E-state index contributed by atoms with van der Waals surface area (Å²) >= 11 is 0. The van der Waals surface area contributed by atoms with Gasteiger partial charge >= 0.3 is 0 Å². The molecule has 0 aliphatic rings. The minimum absolute atomic E-state index is 0.0427. The van der Waals surface area contributed by atoms with E-state index >= 15 is 0 Å².